The summed E-state index contributed by atoms with van der Waals surface area (Å²) in [5, 5.41) is 6.43. The maximum absolute atomic E-state index is 12.2. The molecule has 0 spiro atoms. The Morgan fingerprint density at radius 2 is 2.19 bits per heavy atom. The summed E-state index contributed by atoms with van der Waals surface area (Å²) in [6.07, 6.45) is 2.44. The van der Waals surface area contributed by atoms with Crippen LogP contribution in [0.25, 0.3) is 0 Å². The third-order valence-electron chi connectivity index (χ3n) is 5.23. The predicted molar refractivity (Wildman–Crippen MR) is 109 cm³/mol. The molecule has 2 aliphatic rings. The van der Waals surface area contributed by atoms with E-state index in [9.17, 15) is 9.59 Å². The van der Waals surface area contributed by atoms with Crippen molar-refractivity contribution in [2.24, 2.45) is 11.7 Å². The first-order chi connectivity index (χ1) is 13.1. The van der Waals surface area contributed by atoms with Crippen molar-refractivity contribution < 1.29 is 9.59 Å². The highest BCUT2D eigenvalue weighted by molar-refractivity contribution is 7.99. The molecule has 7 heteroatoms. The van der Waals surface area contributed by atoms with Gasteiger partial charge in [-0.1, -0.05) is 24.3 Å². The monoisotopic (exact) mass is 390 g/mol. The van der Waals surface area contributed by atoms with Crippen LogP contribution < -0.4 is 16.4 Å². The highest BCUT2D eigenvalue weighted by Gasteiger charge is 2.23. The van der Waals surface area contributed by atoms with Crippen LogP contribution >= 0.6 is 11.8 Å². The number of thioether (sulfide) groups is 1. The second kappa shape index (κ2) is 10.1. The summed E-state index contributed by atoms with van der Waals surface area (Å²) >= 11 is 1.90. The molecule has 0 radical (unpaired) electrons. The lowest BCUT2D eigenvalue weighted by molar-refractivity contribution is -0.123. The number of carbonyl (C=O) groups is 2. The molecule has 0 aromatic heterocycles. The van der Waals surface area contributed by atoms with Crippen molar-refractivity contribution >= 4 is 23.6 Å². The molecular weight excluding hydrogens is 360 g/mol. The number of rotatable bonds is 7. The number of likely N-dealkylation sites (tertiary alicyclic amines) is 1. The van der Waals surface area contributed by atoms with E-state index in [1.54, 1.807) is 0 Å². The third kappa shape index (κ3) is 6.52. The van der Waals surface area contributed by atoms with Crippen LogP contribution in [0.1, 0.15) is 30.4 Å². The van der Waals surface area contributed by atoms with Crippen molar-refractivity contribution in [2.75, 3.05) is 31.1 Å². The minimum Gasteiger partial charge on any atom is -0.369 e. The van der Waals surface area contributed by atoms with Crippen LogP contribution in [0, 0.1) is 5.92 Å². The van der Waals surface area contributed by atoms with Crippen LogP contribution in [0.4, 0.5) is 0 Å². The molecule has 2 heterocycles. The first-order valence-corrected chi connectivity index (χ1v) is 10.9. The third-order valence-corrected chi connectivity index (χ3v) is 6.36. The minimum absolute atomic E-state index is 0.0345. The number of nitrogens with two attached hydrogens (primary N) is 1. The summed E-state index contributed by atoms with van der Waals surface area (Å²) in [6, 6.07) is 8.60. The molecule has 2 fully saturated rings. The molecule has 2 aliphatic heterocycles. The number of nitrogens with one attached hydrogen (secondary N) is 2. The number of hydrogen-bond acceptors (Lipinski definition) is 5. The molecular formula is C20H30N4O2S. The summed E-state index contributed by atoms with van der Waals surface area (Å²) in [5.74, 6) is 2.00. The number of amides is 2. The summed E-state index contributed by atoms with van der Waals surface area (Å²) in [7, 11) is 0. The van der Waals surface area contributed by atoms with Crippen LogP contribution in [-0.2, 0) is 22.7 Å². The van der Waals surface area contributed by atoms with E-state index < -0.39 is 0 Å². The highest BCUT2D eigenvalue weighted by Crippen LogP contribution is 2.19. The maximum Gasteiger partial charge on any atom is 0.221 e. The van der Waals surface area contributed by atoms with E-state index >= 15 is 0 Å². The number of nitrogens with zero attached hydrogens (tertiary/aromatic N) is 1. The molecule has 1 aromatic carbocycles. The first-order valence-electron chi connectivity index (χ1n) is 9.77. The molecule has 2 atom stereocenters. The quantitative estimate of drug-likeness (QED) is 0.649. The lowest BCUT2D eigenvalue weighted by Crippen LogP contribution is -2.41. The van der Waals surface area contributed by atoms with Gasteiger partial charge in [0, 0.05) is 50.1 Å². The number of hydrogen-bond donors (Lipinski definition) is 3. The zero-order valence-electron chi connectivity index (χ0n) is 15.8. The molecule has 2 amide bonds. The van der Waals surface area contributed by atoms with Crippen molar-refractivity contribution in [1.29, 1.82) is 0 Å². The van der Waals surface area contributed by atoms with Gasteiger partial charge in [0.2, 0.25) is 11.8 Å². The fraction of sp³-hybridized carbons (Fsp3) is 0.600. The summed E-state index contributed by atoms with van der Waals surface area (Å²) in [5.41, 5.74) is 7.78. The Balaban J connectivity index is 1.46. The normalized spacial score (nSPS) is 23.7. The zero-order valence-corrected chi connectivity index (χ0v) is 16.6. The Morgan fingerprint density at radius 1 is 1.33 bits per heavy atom. The SMILES string of the molecule is NC(=O)C1CCCN(Cc2cccc(CNC(=O)CC3CSCCN3)c2)C1. The van der Waals surface area contributed by atoms with E-state index in [1.807, 2.05) is 23.9 Å². The van der Waals surface area contributed by atoms with Gasteiger partial charge in [-0.05, 0) is 30.5 Å². The van der Waals surface area contributed by atoms with Crippen molar-refractivity contribution in [3.63, 3.8) is 0 Å². The molecule has 148 valence electrons. The van der Waals surface area contributed by atoms with Gasteiger partial charge in [0.25, 0.3) is 0 Å². The molecule has 27 heavy (non-hydrogen) atoms. The van der Waals surface area contributed by atoms with E-state index in [2.05, 4.69) is 27.7 Å². The van der Waals surface area contributed by atoms with Gasteiger partial charge in [-0.25, -0.2) is 0 Å². The molecule has 6 nitrogen and oxygen atoms in total. The predicted octanol–water partition coefficient (Wildman–Crippen LogP) is 1.10. The Hall–Kier alpha value is -1.57. The van der Waals surface area contributed by atoms with Gasteiger partial charge < -0.3 is 16.4 Å². The largest absolute Gasteiger partial charge is 0.369 e. The van der Waals surface area contributed by atoms with Gasteiger partial charge in [-0.15, -0.1) is 0 Å². The van der Waals surface area contributed by atoms with Gasteiger partial charge in [0.15, 0.2) is 0 Å². The van der Waals surface area contributed by atoms with Crippen molar-refractivity contribution in [1.82, 2.24) is 15.5 Å². The molecule has 0 saturated carbocycles. The van der Waals surface area contributed by atoms with Crippen LogP contribution in [-0.4, -0.2) is 53.9 Å². The maximum atomic E-state index is 12.2. The van der Waals surface area contributed by atoms with Gasteiger partial charge in [0.05, 0.1) is 5.92 Å². The average Bonchev–Trinajstić information content (AvgIpc) is 2.68. The van der Waals surface area contributed by atoms with Crippen LogP contribution in [0.15, 0.2) is 24.3 Å². The molecule has 2 saturated heterocycles. The van der Waals surface area contributed by atoms with E-state index in [0.717, 1.165) is 56.1 Å². The Morgan fingerprint density at radius 3 is 2.96 bits per heavy atom. The molecule has 2 unspecified atom stereocenters. The van der Waals surface area contributed by atoms with Crippen LogP contribution in [0.3, 0.4) is 0 Å². The Kier molecular flexibility index (Phi) is 7.55. The summed E-state index contributed by atoms with van der Waals surface area (Å²) < 4.78 is 0. The van der Waals surface area contributed by atoms with E-state index in [4.69, 9.17) is 5.73 Å². The second-order valence-electron chi connectivity index (χ2n) is 7.50. The van der Waals surface area contributed by atoms with Gasteiger partial charge >= 0.3 is 0 Å². The Labute approximate surface area is 165 Å². The minimum atomic E-state index is -0.193. The zero-order chi connectivity index (χ0) is 19.1. The summed E-state index contributed by atoms with van der Waals surface area (Å²) in [4.78, 5) is 25.9. The number of carbonyl (C=O) groups excluding carboxylic acids is 2. The number of piperidine rings is 1. The van der Waals surface area contributed by atoms with Crippen molar-refractivity contribution in [2.45, 2.75) is 38.4 Å². The fourth-order valence-electron chi connectivity index (χ4n) is 3.77. The number of benzene rings is 1. The second-order valence-corrected chi connectivity index (χ2v) is 8.65. The van der Waals surface area contributed by atoms with E-state index in [1.165, 1.54) is 5.56 Å². The first kappa shape index (κ1) is 20.2. The topological polar surface area (TPSA) is 87.5 Å². The number of primary amides is 1. The molecule has 0 bridgehead atoms. The molecule has 1 aromatic rings. The lowest BCUT2D eigenvalue weighted by atomic mass is 9.97. The highest BCUT2D eigenvalue weighted by atomic mass is 32.2. The van der Waals surface area contributed by atoms with Gasteiger partial charge in [0.1, 0.15) is 0 Å². The van der Waals surface area contributed by atoms with Gasteiger partial charge in [-0.3, -0.25) is 14.5 Å². The standard InChI is InChI=1S/C20H30N4O2S/c21-20(26)17-5-2-7-24(13-17)12-16-4-1-3-15(9-16)11-23-19(25)10-18-14-27-8-6-22-18/h1,3-4,9,17-18,22H,2,5-8,10-14H2,(H2,21,26)(H,23,25). The van der Waals surface area contributed by atoms with Crippen molar-refractivity contribution in [3.8, 4) is 0 Å². The smallest absolute Gasteiger partial charge is 0.221 e. The lowest BCUT2D eigenvalue weighted by Gasteiger charge is -2.31. The fourth-order valence-corrected chi connectivity index (χ4v) is 4.72. The molecule has 4 N–H and O–H groups in total. The van der Waals surface area contributed by atoms with Crippen LogP contribution in [0.2, 0.25) is 0 Å². The summed E-state index contributed by atoms with van der Waals surface area (Å²) in [6.45, 7) is 4.09. The average molecular weight is 391 g/mol. The van der Waals surface area contributed by atoms with E-state index in [0.29, 0.717) is 13.0 Å². The Bertz CT molecular complexity index is 649. The molecule has 3 rings (SSSR count). The van der Waals surface area contributed by atoms with Gasteiger partial charge in [-0.2, -0.15) is 11.8 Å². The van der Waals surface area contributed by atoms with Crippen LogP contribution in [0.5, 0.6) is 0 Å². The molecule has 0 aliphatic carbocycles. The van der Waals surface area contributed by atoms with E-state index in [-0.39, 0.29) is 23.8 Å². The van der Waals surface area contributed by atoms with Crippen molar-refractivity contribution in [3.05, 3.63) is 35.4 Å².